The highest BCUT2D eigenvalue weighted by Gasteiger charge is 2.21. The molecule has 0 bridgehead atoms. The third-order valence-corrected chi connectivity index (χ3v) is 3.02. The lowest BCUT2D eigenvalue weighted by Gasteiger charge is -2.14. The van der Waals surface area contributed by atoms with Gasteiger partial charge < -0.3 is 21.4 Å². The molecule has 0 aliphatic carbocycles. The van der Waals surface area contributed by atoms with E-state index in [9.17, 15) is 4.79 Å². The Kier molecular flexibility index (Phi) is 6.52. The molecule has 0 saturated heterocycles. The Balaban J connectivity index is 2.74. The van der Waals surface area contributed by atoms with Crippen LogP contribution < -0.4 is 11.1 Å². The fourth-order valence-corrected chi connectivity index (χ4v) is 1.92. The molecule has 5 N–H and O–H groups in total. The molecule has 1 aromatic carbocycles. The summed E-state index contributed by atoms with van der Waals surface area (Å²) in [6.45, 7) is 1.93. The van der Waals surface area contributed by atoms with Gasteiger partial charge in [-0.15, -0.1) is 0 Å². The van der Waals surface area contributed by atoms with Crippen molar-refractivity contribution in [1.82, 2.24) is 0 Å². The van der Waals surface area contributed by atoms with E-state index >= 15 is 0 Å². The van der Waals surface area contributed by atoms with Crippen LogP contribution >= 0.6 is 0 Å². The first-order valence-corrected chi connectivity index (χ1v) is 6.60. The van der Waals surface area contributed by atoms with Crippen molar-refractivity contribution >= 4 is 17.4 Å². The van der Waals surface area contributed by atoms with Crippen LogP contribution in [0.4, 0.5) is 5.69 Å². The molecule has 1 atom stereocenters. The summed E-state index contributed by atoms with van der Waals surface area (Å²) in [7, 11) is 0. The van der Waals surface area contributed by atoms with Crippen LogP contribution in [-0.2, 0) is 11.2 Å². The van der Waals surface area contributed by atoms with E-state index in [2.05, 4.69) is 10.5 Å². The third-order valence-electron chi connectivity index (χ3n) is 3.02. The summed E-state index contributed by atoms with van der Waals surface area (Å²) in [5, 5.41) is 23.1. The Labute approximate surface area is 118 Å². The highest BCUT2D eigenvalue weighted by atomic mass is 16.4. The predicted octanol–water partition coefficient (Wildman–Crippen LogP) is 1.32. The summed E-state index contributed by atoms with van der Waals surface area (Å²) in [6.07, 6.45) is 1.88. The number of hydrogen-bond donors (Lipinski definition) is 4. The van der Waals surface area contributed by atoms with Crippen LogP contribution in [-0.4, -0.2) is 28.7 Å². The van der Waals surface area contributed by atoms with Crippen LogP contribution in [0.25, 0.3) is 0 Å². The van der Waals surface area contributed by atoms with Gasteiger partial charge in [0.15, 0.2) is 5.84 Å². The number of amides is 1. The molecule has 1 rings (SSSR count). The largest absolute Gasteiger partial charge is 0.409 e. The van der Waals surface area contributed by atoms with Crippen LogP contribution in [0.15, 0.2) is 29.4 Å². The van der Waals surface area contributed by atoms with Gasteiger partial charge in [0, 0.05) is 12.3 Å². The fraction of sp³-hybridized carbons (Fsp3) is 0.429. The topological polar surface area (TPSA) is 108 Å². The molecule has 0 fully saturated rings. The number of hydrogen-bond acceptors (Lipinski definition) is 4. The first kappa shape index (κ1) is 16.0. The van der Waals surface area contributed by atoms with Gasteiger partial charge in [0.2, 0.25) is 5.91 Å². The number of aliphatic hydroxyl groups is 1. The minimum absolute atomic E-state index is 0.0959. The Bertz CT molecular complexity index is 474. The molecule has 0 spiro atoms. The van der Waals surface area contributed by atoms with Gasteiger partial charge in [0.05, 0.1) is 5.92 Å². The van der Waals surface area contributed by atoms with Gasteiger partial charge >= 0.3 is 0 Å². The maximum Gasteiger partial charge on any atom is 0.235 e. The van der Waals surface area contributed by atoms with E-state index in [1.807, 2.05) is 18.2 Å². The van der Waals surface area contributed by atoms with Crippen molar-refractivity contribution in [2.45, 2.75) is 26.2 Å². The summed E-state index contributed by atoms with van der Waals surface area (Å²) < 4.78 is 0. The number of carbonyl (C=O) groups is 1. The van der Waals surface area contributed by atoms with Gasteiger partial charge in [-0.25, -0.2) is 0 Å². The maximum atomic E-state index is 12.0. The molecule has 20 heavy (non-hydrogen) atoms. The zero-order valence-electron chi connectivity index (χ0n) is 11.5. The molecule has 0 aliphatic rings. The van der Waals surface area contributed by atoms with Gasteiger partial charge in [-0.05, 0) is 37.0 Å². The smallest absolute Gasteiger partial charge is 0.235 e. The number of aryl methyl sites for hydroxylation is 1. The SMILES string of the molecule is CCC(C(=O)Nc1cccc(CCCO)c1)/C(N)=N/O. The Morgan fingerprint density at radius 2 is 2.25 bits per heavy atom. The lowest BCUT2D eigenvalue weighted by atomic mass is 10.0. The van der Waals surface area contributed by atoms with Crippen molar-refractivity contribution in [2.75, 3.05) is 11.9 Å². The number of amidine groups is 1. The molecule has 1 aromatic rings. The first-order valence-electron chi connectivity index (χ1n) is 6.60. The monoisotopic (exact) mass is 279 g/mol. The number of carbonyl (C=O) groups excluding carboxylic acids is 1. The summed E-state index contributed by atoms with van der Waals surface area (Å²) >= 11 is 0. The molecule has 0 radical (unpaired) electrons. The quantitative estimate of drug-likeness (QED) is 0.261. The lowest BCUT2D eigenvalue weighted by molar-refractivity contribution is -0.118. The van der Waals surface area contributed by atoms with E-state index in [1.54, 1.807) is 13.0 Å². The second-order valence-corrected chi connectivity index (χ2v) is 4.50. The zero-order chi connectivity index (χ0) is 15.0. The molecule has 0 aliphatic heterocycles. The fourth-order valence-electron chi connectivity index (χ4n) is 1.92. The second kappa shape index (κ2) is 8.16. The first-order chi connectivity index (χ1) is 9.62. The Hall–Kier alpha value is -2.08. The van der Waals surface area contributed by atoms with E-state index in [0.29, 0.717) is 18.5 Å². The van der Waals surface area contributed by atoms with E-state index < -0.39 is 5.92 Å². The van der Waals surface area contributed by atoms with Gasteiger partial charge in [-0.1, -0.05) is 24.2 Å². The van der Waals surface area contributed by atoms with E-state index in [1.165, 1.54) is 0 Å². The van der Waals surface area contributed by atoms with Crippen molar-refractivity contribution < 1.29 is 15.1 Å². The van der Waals surface area contributed by atoms with Gasteiger partial charge in [-0.3, -0.25) is 4.79 Å². The van der Waals surface area contributed by atoms with Crippen molar-refractivity contribution in [3.05, 3.63) is 29.8 Å². The summed E-state index contributed by atoms with van der Waals surface area (Å²) in [5.41, 5.74) is 7.19. The second-order valence-electron chi connectivity index (χ2n) is 4.50. The summed E-state index contributed by atoms with van der Waals surface area (Å²) in [4.78, 5) is 12.0. The maximum absolute atomic E-state index is 12.0. The number of benzene rings is 1. The molecule has 6 nitrogen and oxygen atoms in total. The molecule has 0 saturated carbocycles. The van der Waals surface area contributed by atoms with Crippen LogP contribution in [0.3, 0.4) is 0 Å². The van der Waals surface area contributed by atoms with Crippen LogP contribution in [0, 0.1) is 5.92 Å². The van der Waals surface area contributed by atoms with E-state index in [0.717, 1.165) is 12.0 Å². The zero-order valence-corrected chi connectivity index (χ0v) is 11.5. The van der Waals surface area contributed by atoms with Crippen LogP contribution in [0.1, 0.15) is 25.3 Å². The number of aliphatic hydroxyl groups excluding tert-OH is 1. The van der Waals surface area contributed by atoms with Gasteiger partial charge in [0.1, 0.15) is 0 Å². The van der Waals surface area contributed by atoms with Crippen molar-refractivity contribution in [3.8, 4) is 0 Å². The average molecular weight is 279 g/mol. The van der Waals surface area contributed by atoms with Gasteiger partial charge in [-0.2, -0.15) is 0 Å². The predicted molar refractivity (Wildman–Crippen MR) is 77.7 cm³/mol. The van der Waals surface area contributed by atoms with Gasteiger partial charge in [0.25, 0.3) is 0 Å². The molecular weight excluding hydrogens is 258 g/mol. The molecule has 0 aromatic heterocycles. The number of nitrogens with two attached hydrogens (primary N) is 1. The van der Waals surface area contributed by atoms with E-state index in [-0.39, 0.29) is 18.3 Å². The summed E-state index contributed by atoms with van der Waals surface area (Å²) in [5.74, 6) is -1.05. The van der Waals surface area contributed by atoms with Crippen molar-refractivity contribution in [3.63, 3.8) is 0 Å². The molecule has 6 heteroatoms. The van der Waals surface area contributed by atoms with Crippen molar-refractivity contribution in [2.24, 2.45) is 16.8 Å². The number of anilines is 1. The standard InChI is InChI=1S/C14H21N3O3/c1-2-12(13(15)17-20)14(19)16-11-7-3-5-10(9-11)6-4-8-18/h3,5,7,9,12,18,20H,2,4,6,8H2,1H3,(H2,15,17)(H,16,19). The number of oxime groups is 1. The molecule has 0 heterocycles. The van der Waals surface area contributed by atoms with Crippen LogP contribution in [0.2, 0.25) is 0 Å². The molecular formula is C14H21N3O3. The van der Waals surface area contributed by atoms with Crippen LogP contribution in [0.5, 0.6) is 0 Å². The molecule has 1 amide bonds. The Morgan fingerprint density at radius 1 is 1.50 bits per heavy atom. The Morgan fingerprint density at radius 3 is 2.85 bits per heavy atom. The molecule has 1 unspecified atom stereocenters. The summed E-state index contributed by atoms with van der Waals surface area (Å²) in [6, 6.07) is 7.41. The normalized spacial score (nSPS) is 13.0. The highest BCUT2D eigenvalue weighted by molar-refractivity contribution is 6.07. The van der Waals surface area contributed by atoms with Crippen molar-refractivity contribution in [1.29, 1.82) is 0 Å². The minimum Gasteiger partial charge on any atom is -0.409 e. The third kappa shape index (κ3) is 4.55. The molecule has 110 valence electrons. The number of nitrogens with one attached hydrogen (secondary N) is 1. The highest BCUT2D eigenvalue weighted by Crippen LogP contribution is 2.14. The number of rotatable bonds is 7. The lowest BCUT2D eigenvalue weighted by Crippen LogP contribution is -2.34. The van der Waals surface area contributed by atoms with E-state index in [4.69, 9.17) is 16.0 Å². The minimum atomic E-state index is -0.652. The number of nitrogens with zero attached hydrogens (tertiary/aromatic N) is 1. The average Bonchev–Trinajstić information content (AvgIpc) is 2.46.